The zero-order chi connectivity index (χ0) is 20.7. The molecule has 156 valence electrons. The molecule has 2 aliphatic carbocycles. The Morgan fingerprint density at radius 3 is 2.69 bits per heavy atom. The van der Waals surface area contributed by atoms with E-state index >= 15 is 0 Å². The summed E-state index contributed by atoms with van der Waals surface area (Å²) in [5.74, 6) is 0.381. The predicted octanol–water partition coefficient (Wildman–Crippen LogP) is 3.45. The summed E-state index contributed by atoms with van der Waals surface area (Å²) in [6, 6.07) is 3.84. The number of Topliss-reactive ketones (excluding diaryl/α,β-unsaturated/α-hetero) is 1. The van der Waals surface area contributed by atoms with Gasteiger partial charge in [-0.3, -0.25) is 9.78 Å². The Labute approximate surface area is 176 Å². The van der Waals surface area contributed by atoms with Gasteiger partial charge in [0.1, 0.15) is 5.78 Å². The van der Waals surface area contributed by atoms with E-state index in [1.165, 1.54) is 0 Å². The van der Waals surface area contributed by atoms with Crippen molar-refractivity contribution in [1.82, 2.24) is 14.7 Å². The molecule has 8 heteroatoms. The lowest BCUT2D eigenvalue weighted by molar-refractivity contribution is -0.128. The van der Waals surface area contributed by atoms with E-state index in [0.29, 0.717) is 31.7 Å². The maximum atomic E-state index is 12.7. The fourth-order valence-corrected chi connectivity index (χ4v) is 7.77. The van der Waals surface area contributed by atoms with E-state index in [9.17, 15) is 13.2 Å². The third-order valence-electron chi connectivity index (χ3n) is 6.99. The first kappa shape index (κ1) is 20.6. The van der Waals surface area contributed by atoms with Gasteiger partial charge in [0.25, 0.3) is 0 Å². The van der Waals surface area contributed by atoms with Crippen LogP contribution in [0, 0.1) is 16.7 Å². The topological polar surface area (TPSA) is 89.0 Å². The van der Waals surface area contributed by atoms with Gasteiger partial charge in [0.2, 0.25) is 10.0 Å². The number of rotatable bonds is 8. The van der Waals surface area contributed by atoms with Crippen LogP contribution < -0.4 is 4.72 Å². The first-order valence-electron chi connectivity index (χ1n) is 10.1. The number of hydrogen-bond acceptors (Lipinski definition) is 6. The fraction of sp³-hybridized carbons (Fsp3) is 0.571. The number of carbonyl (C=O) groups is 1. The summed E-state index contributed by atoms with van der Waals surface area (Å²) < 4.78 is 28.2. The minimum atomic E-state index is -3.50. The molecule has 2 aromatic heterocycles. The molecule has 0 aliphatic heterocycles. The third-order valence-corrected chi connectivity index (χ3v) is 9.42. The van der Waals surface area contributed by atoms with Crippen molar-refractivity contribution in [3.05, 3.63) is 34.9 Å². The summed E-state index contributed by atoms with van der Waals surface area (Å²) >= 11 is 1.58. The van der Waals surface area contributed by atoms with E-state index in [4.69, 9.17) is 0 Å². The maximum absolute atomic E-state index is 12.7. The van der Waals surface area contributed by atoms with Crippen LogP contribution in [-0.4, -0.2) is 36.5 Å². The monoisotopic (exact) mass is 433 g/mol. The van der Waals surface area contributed by atoms with Crippen LogP contribution in [0.1, 0.15) is 44.5 Å². The smallest absolute Gasteiger partial charge is 0.212 e. The Morgan fingerprint density at radius 1 is 1.28 bits per heavy atom. The average Bonchev–Trinajstić information content (AvgIpc) is 3.29. The number of hydrogen-bond donors (Lipinski definition) is 1. The van der Waals surface area contributed by atoms with Crippen LogP contribution >= 0.6 is 11.3 Å². The van der Waals surface area contributed by atoms with Gasteiger partial charge < -0.3 is 0 Å². The molecule has 0 amide bonds. The Balaban J connectivity index is 1.31. The molecule has 2 heterocycles. The van der Waals surface area contributed by atoms with Crippen molar-refractivity contribution in [3.8, 4) is 11.3 Å². The van der Waals surface area contributed by atoms with Crippen LogP contribution in [-0.2, 0) is 21.2 Å². The molecule has 2 saturated carbocycles. The molecule has 2 aliphatic rings. The molecule has 2 bridgehead atoms. The van der Waals surface area contributed by atoms with Crippen molar-refractivity contribution < 1.29 is 13.2 Å². The molecule has 2 atom stereocenters. The number of nitrogens with one attached hydrogen (secondary N) is 1. The van der Waals surface area contributed by atoms with Gasteiger partial charge in [-0.1, -0.05) is 13.8 Å². The van der Waals surface area contributed by atoms with Gasteiger partial charge >= 0.3 is 0 Å². The summed E-state index contributed by atoms with van der Waals surface area (Å²) in [6.07, 6.45) is 7.06. The van der Waals surface area contributed by atoms with Crippen molar-refractivity contribution in [2.24, 2.45) is 16.7 Å². The van der Waals surface area contributed by atoms with Crippen molar-refractivity contribution in [3.63, 3.8) is 0 Å². The second-order valence-corrected chi connectivity index (χ2v) is 11.5. The Bertz CT molecular complexity index is 1000. The highest BCUT2D eigenvalue weighted by molar-refractivity contribution is 7.89. The third kappa shape index (κ3) is 3.78. The number of pyridine rings is 1. The molecule has 6 nitrogen and oxygen atoms in total. The van der Waals surface area contributed by atoms with Crippen molar-refractivity contribution >= 4 is 27.1 Å². The minimum absolute atomic E-state index is 0.0776. The van der Waals surface area contributed by atoms with E-state index in [0.717, 1.165) is 29.1 Å². The summed E-state index contributed by atoms with van der Waals surface area (Å²) in [5.41, 5.74) is 1.01. The Hall–Kier alpha value is -1.64. The lowest BCUT2D eigenvalue weighted by atomic mass is 9.70. The SMILES string of the molecule is CC1(C)C2CCC1(CS(=O)(=O)NCCCc1nc(-c3ccncc3)cs1)C(=O)C2. The second kappa shape index (κ2) is 7.56. The number of aryl methyl sites for hydroxylation is 1. The maximum Gasteiger partial charge on any atom is 0.212 e. The zero-order valence-electron chi connectivity index (χ0n) is 16.8. The van der Waals surface area contributed by atoms with E-state index in [2.05, 4.69) is 28.5 Å². The minimum Gasteiger partial charge on any atom is -0.299 e. The summed E-state index contributed by atoms with van der Waals surface area (Å²) in [7, 11) is -3.50. The van der Waals surface area contributed by atoms with Crippen molar-refractivity contribution in [1.29, 1.82) is 0 Å². The number of fused-ring (bicyclic) bond motifs is 2. The quantitative estimate of drug-likeness (QED) is 0.644. The number of thiazole rings is 1. The van der Waals surface area contributed by atoms with Gasteiger partial charge in [0, 0.05) is 48.1 Å². The van der Waals surface area contributed by atoms with Crippen molar-refractivity contribution in [2.45, 2.75) is 46.0 Å². The molecule has 2 unspecified atom stereocenters. The number of aromatic nitrogens is 2. The zero-order valence-corrected chi connectivity index (χ0v) is 18.5. The summed E-state index contributed by atoms with van der Waals surface area (Å²) in [4.78, 5) is 21.2. The molecule has 0 spiro atoms. The number of sulfonamides is 1. The summed E-state index contributed by atoms with van der Waals surface area (Å²) in [5, 5.41) is 3.00. The molecule has 2 aromatic rings. The van der Waals surface area contributed by atoms with E-state index in [-0.39, 0.29) is 17.0 Å². The Morgan fingerprint density at radius 2 is 2.03 bits per heavy atom. The highest BCUT2D eigenvalue weighted by atomic mass is 32.2. The average molecular weight is 434 g/mol. The summed E-state index contributed by atoms with van der Waals surface area (Å²) in [6.45, 7) is 4.49. The molecule has 0 aromatic carbocycles. The van der Waals surface area contributed by atoms with E-state index in [1.807, 2.05) is 17.5 Å². The van der Waals surface area contributed by atoms with Crippen molar-refractivity contribution in [2.75, 3.05) is 12.3 Å². The standard InChI is InChI=1S/C21H27N3O3S2/c1-20(2)16-5-8-21(20,18(25)12-16)14-29(26,27)23-9-3-4-19-24-17(13-28-19)15-6-10-22-11-7-15/h6-7,10-11,13,16,23H,3-5,8-9,12,14H2,1-2H3. The lowest BCUT2D eigenvalue weighted by Crippen LogP contribution is -2.45. The molecular weight excluding hydrogens is 406 g/mol. The fourth-order valence-electron chi connectivity index (χ4n) is 5.03. The highest BCUT2D eigenvalue weighted by Gasteiger charge is 2.65. The highest BCUT2D eigenvalue weighted by Crippen LogP contribution is 2.64. The molecule has 2 fully saturated rings. The molecule has 0 saturated heterocycles. The molecular formula is C21H27N3O3S2. The predicted molar refractivity (Wildman–Crippen MR) is 114 cm³/mol. The lowest BCUT2D eigenvalue weighted by Gasteiger charge is -2.36. The first-order chi connectivity index (χ1) is 13.7. The van der Waals surface area contributed by atoms with Gasteiger partial charge in [-0.2, -0.15) is 0 Å². The first-order valence-corrected chi connectivity index (χ1v) is 12.6. The van der Waals surface area contributed by atoms with Gasteiger partial charge in [-0.25, -0.2) is 18.1 Å². The number of carbonyl (C=O) groups excluding carboxylic acids is 1. The molecule has 29 heavy (non-hydrogen) atoms. The van der Waals surface area contributed by atoms with Crippen LogP contribution in [0.25, 0.3) is 11.3 Å². The van der Waals surface area contributed by atoms with Crippen LogP contribution in [0.15, 0.2) is 29.9 Å². The van der Waals surface area contributed by atoms with Gasteiger partial charge in [-0.15, -0.1) is 11.3 Å². The largest absolute Gasteiger partial charge is 0.299 e. The number of ketones is 1. The van der Waals surface area contributed by atoms with E-state index in [1.54, 1.807) is 23.7 Å². The number of nitrogens with zero attached hydrogens (tertiary/aromatic N) is 2. The van der Waals surface area contributed by atoms with E-state index < -0.39 is 15.4 Å². The van der Waals surface area contributed by atoms with Gasteiger partial charge in [-0.05, 0) is 42.7 Å². The molecule has 0 radical (unpaired) electrons. The van der Waals surface area contributed by atoms with Crippen LogP contribution in [0.4, 0.5) is 0 Å². The van der Waals surface area contributed by atoms with Crippen LogP contribution in [0.3, 0.4) is 0 Å². The van der Waals surface area contributed by atoms with Gasteiger partial charge in [0.05, 0.1) is 16.5 Å². The van der Waals surface area contributed by atoms with Crippen LogP contribution in [0.2, 0.25) is 0 Å². The van der Waals surface area contributed by atoms with Crippen LogP contribution in [0.5, 0.6) is 0 Å². The Kier molecular flexibility index (Phi) is 5.38. The molecule has 4 rings (SSSR count). The van der Waals surface area contributed by atoms with Gasteiger partial charge in [0.15, 0.2) is 0 Å². The molecule has 1 N–H and O–H groups in total. The normalized spacial score (nSPS) is 25.6. The second-order valence-electron chi connectivity index (χ2n) is 8.79.